The zero-order chi connectivity index (χ0) is 18.9. The van der Waals surface area contributed by atoms with Crippen molar-refractivity contribution in [1.29, 1.82) is 0 Å². The van der Waals surface area contributed by atoms with Gasteiger partial charge in [0.05, 0.1) is 0 Å². The molecule has 0 heterocycles. The molecule has 0 aromatic rings. The molecule has 0 aromatic carbocycles. The predicted octanol–water partition coefficient (Wildman–Crippen LogP) is 9.42. The second-order valence-corrected chi connectivity index (χ2v) is 8.18. The SMILES string of the molecule is C1CCC2CCCC2C1.C1CCC2CCCC2C1.CC.CC.CCC. The Hall–Kier alpha value is 0. The van der Waals surface area contributed by atoms with E-state index in [4.69, 9.17) is 0 Å². The Balaban J connectivity index is 0.000000343. The minimum absolute atomic E-state index is 1.17. The van der Waals surface area contributed by atoms with Crippen molar-refractivity contribution in [3.63, 3.8) is 0 Å². The number of hydrogen-bond donors (Lipinski definition) is 0. The minimum Gasteiger partial charge on any atom is -0.0683 e. The fourth-order valence-electron chi connectivity index (χ4n) is 5.37. The third kappa shape index (κ3) is 10.0. The fraction of sp³-hybridized carbons (Fsp3) is 1.00. The number of rotatable bonds is 0. The minimum atomic E-state index is 1.17. The molecular weight excluding hydrogens is 300 g/mol. The smallest absolute Gasteiger partial charge is 0.0386 e. The fourth-order valence-corrected chi connectivity index (χ4v) is 5.37. The summed E-state index contributed by atoms with van der Waals surface area (Å²) in [6.45, 7) is 12.2. The van der Waals surface area contributed by atoms with Crippen molar-refractivity contribution in [2.45, 2.75) is 138 Å². The molecule has 0 N–H and O–H groups in total. The zero-order valence-corrected chi connectivity index (χ0v) is 18.9. The van der Waals surface area contributed by atoms with Gasteiger partial charge < -0.3 is 0 Å². The largest absolute Gasteiger partial charge is 0.0683 e. The van der Waals surface area contributed by atoms with Gasteiger partial charge in [0.2, 0.25) is 0 Å². The molecule has 152 valence electrons. The highest BCUT2D eigenvalue weighted by Crippen LogP contribution is 2.42. The van der Waals surface area contributed by atoms with E-state index >= 15 is 0 Å². The maximum atomic E-state index is 2.12. The van der Waals surface area contributed by atoms with Crippen molar-refractivity contribution >= 4 is 0 Å². The van der Waals surface area contributed by atoms with Crippen LogP contribution in [0.2, 0.25) is 0 Å². The summed E-state index contributed by atoms with van der Waals surface area (Å²) < 4.78 is 0. The van der Waals surface area contributed by atoms with E-state index in [1.54, 1.807) is 51.4 Å². The molecule has 0 spiro atoms. The third-order valence-electron chi connectivity index (χ3n) is 6.43. The molecule has 0 heteroatoms. The first-order valence-electron chi connectivity index (χ1n) is 12.3. The van der Waals surface area contributed by atoms with Crippen molar-refractivity contribution in [2.75, 3.05) is 0 Å². The van der Waals surface area contributed by atoms with Crippen LogP contribution < -0.4 is 0 Å². The van der Waals surface area contributed by atoms with Gasteiger partial charge in [0.1, 0.15) is 0 Å². The van der Waals surface area contributed by atoms with Gasteiger partial charge in [-0.25, -0.2) is 0 Å². The van der Waals surface area contributed by atoms with Crippen LogP contribution in [-0.4, -0.2) is 0 Å². The first-order valence-corrected chi connectivity index (χ1v) is 12.3. The van der Waals surface area contributed by atoms with E-state index in [-0.39, 0.29) is 0 Å². The Morgan fingerprint density at radius 2 is 0.560 bits per heavy atom. The lowest BCUT2D eigenvalue weighted by Gasteiger charge is -2.24. The summed E-state index contributed by atoms with van der Waals surface area (Å²) in [5, 5.41) is 0. The summed E-state index contributed by atoms with van der Waals surface area (Å²) >= 11 is 0. The molecule has 0 nitrogen and oxygen atoms in total. The van der Waals surface area contributed by atoms with Gasteiger partial charge in [-0.05, 0) is 23.7 Å². The molecule has 25 heavy (non-hydrogen) atoms. The number of fused-ring (bicyclic) bond motifs is 2. The molecule has 4 aliphatic carbocycles. The maximum Gasteiger partial charge on any atom is -0.0386 e. The molecule has 4 aliphatic rings. The van der Waals surface area contributed by atoms with E-state index in [0.29, 0.717) is 0 Å². The van der Waals surface area contributed by atoms with Crippen LogP contribution in [0, 0.1) is 23.7 Å². The van der Waals surface area contributed by atoms with Gasteiger partial charge in [0, 0.05) is 0 Å². The lowest BCUT2D eigenvalue weighted by molar-refractivity contribution is 0.277. The van der Waals surface area contributed by atoms with Gasteiger partial charge in [0.15, 0.2) is 0 Å². The van der Waals surface area contributed by atoms with Gasteiger partial charge >= 0.3 is 0 Å². The summed E-state index contributed by atoms with van der Waals surface area (Å²) in [6, 6.07) is 0. The quantitative estimate of drug-likeness (QED) is 0.407. The molecule has 4 fully saturated rings. The molecule has 0 saturated heterocycles. The summed E-state index contributed by atoms with van der Waals surface area (Å²) in [7, 11) is 0. The van der Waals surface area contributed by atoms with E-state index in [1.807, 2.05) is 27.7 Å². The monoisotopic (exact) mass is 352 g/mol. The van der Waals surface area contributed by atoms with Crippen molar-refractivity contribution < 1.29 is 0 Å². The van der Waals surface area contributed by atoms with Gasteiger partial charge in [-0.3, -0.25) is 0 Å². The van der Waals surface area contributed by atoms with Crippen LogP contribution >= 0.6 is 0 Å². The average Bonchev–Trinajstić information content (AvgIpc) is 3.35. The van der Waals surface area contributed by atoms with E-state index in [0.717, 1.165) is 0 Å². The second kappa shape index (κ2) is 17.4. The highest BCUT2D eigenvalue weighted by molar-refractivity contribution is 4.81. The maximum absolute atomic E-state index is 2.12. The van der Waals surface area contributed by atoms with Crippen LogP contribution in [0.3, 0.4) is 0 Å². The highest BCUT2D eigenvalue weighted by Gasteiger charge is 2.29. The second-order valence-electron chi connectivity index (χ2n) is 8.18. The summed E-state index contributed by atoms with van der Waals surface area (Å²) in [4.78, 5) is 0. The van der Waals surface area contributed by atoms with Crippen molar-refractivity contribution in [3.05, 3.63) is 0 Å². The molecule has 0 radical (unpaired) electrons. The zero-order valence-electron chi connectivity index (χ0n) is 18.9. The molecule has 0 amide bonds. The molecule has 0 bridgehead atoms. The van der Waals surface area contributed by atoms with Crippen LogP contribution in [-0.2, 0) is 0 Å². The Morgan fingerprint density at radius 3 is 0.760 bits per heavy atom. The Morgan fingerprint density at radius 1 is 0.400 bits per heavy atom. The molecule has 4 unspecified atom stereocenters. The summed E-state index contributed by atoms with van der Waals surface area (Å²) in [5.74, 6) is 4.66. The predicted molar refractivity (Wildman–Crippen MR) is 117 cm³/mol. The Bertz CT molecular complexity index is 207. The van der Waals surface area contributed by atoms with Crippen molar-refractivity contribution in [1.82, 2.24) is 0 Å². The molecule has 4 saturated carbocycles. The van der Waals surface area contributed by atoms with Gasteiger partial charge in [-0.2, -0.15) is 0 Å². The first-order chi connectivity index (χ1) is 12.3. The number of hydrogen-bond acceptors (Lipinski definition) is 0. The topological polar surface area (TPSA) is 0 Å². The van der Waals surface area contributed by atoms with Crippen LogP contribution in [0.1, 0.15) is 138 Å². The molecule has 0 aliphatic heterocycles. The molecule has 4 atom stereocenters. The van der Waals surface area contributed by atoms with E-state index in [1.165, 1.54) is 68.6 Å². The van der Waals surface area contributed by atoms with Gasteiger partial charge in [-0.15, -0.1) is 0 Å². The summed E-state index contributed by atoms with van der Waals surface area (Å²) in [5.41, 5.74) is 0. The molecule has 0 aromatic heterocycles. The summed E-state index contributed by atoms with van der Waals surface area (Å²) in [6.07, 6.45) is 22.9. The lowest BCUT2D eigenvalue weighted by atomic mass is 9.82. The Kier molecular flexibility index (Phi) is 17.4. The van der Waals surface area contributed by atoms with Crippen LogP contribution in [0.15, 0.2) is 0 Å². The van der Waals surface area contributed by atoms with Crippen LogP contribution in [0.5, 0.6) is 0 Å². The highest BCUT2D eigenvalue weighted by atomic mass is 14.3. The van der Waals surface area contributed by atoms with Crippen molar-refractivity contribution in [3.8, 4) is 0 Å². The van der Waals surface area contributed by atoms with Crippen LogP contribution in [0.4, 0.5) is 0 Å². The van der Waals surface area contributed by atoms with Gasteiger partial charge in [-0.1, -0.05) is 138 Å². The molecular formula is C25H52. The van der Waals surface area contributed by atoms with E-state index in [9.17, 15) is 0 Å². The van der Waals surface area contributed by atoms with Crippen LogP contribution in [0.25, 0.3) is 0 Å². The lowest BCUT2D eigenvalue weighted by Crippen LogP contribution is -2.12. The average molecular weight is 353 g/mol. The van der Waals surface area contributed by atoms with Crippen molar-refractivity contribution in [2.24, 2.45) is 23.7 Å². The first kappa shape index (κ1) is 25.0. The third-order valence-corrected chi connectivity index (χ3v) is 6.43. The normalized spacial score (nSPS) is 31.9. The van der Waals surface area contributed by atoms with E-state index in [2.05, 4.69) is 13.8 Å². The molecule has 4 rings (SSSR count). The van der Waals surface area contributed by atoms with E-state index < -0.39 is 0 Å². The van der Waals surface area contributed by atoms with Gasteiger partial charge in [0.25, 0.3) is 0 Å². The standard InChI is InChI=1S/2C9H16.C3H8.2C2H6/c2*1-2-5-9-7-3-6-8(9)4-1;1-3-2;2*1-2/h2*8-9H,1-7H2;3H2,1-2H3;2*1-2H3. The Labute approximate surface area is 161 Å².